The molecular formula is C11H9BrClN3O. The predicted octanol–water partition coefficient (Wildman–Crippen LogP) is 2.76. The highest BCUT2D eigenvalue weighted by Gasteiger charge is 2.07. The Morgan fingerprint density at radius 3 is 3.00 bits per heavy atom. The Hall–Kier alpha value is -1.33. The zero-order valence-electron chi connectivity index (χ0n) is 8.71. The fourth-order valence-electron chi connectivity index (χ4n) is 1.30. The first kappa shape index (κ1) is 12.1. The zero-order chi connectivity index (χ0) is 12.3. The van der Waals surface area contributed by atoms with Crippen LogP contribution in [0, 0.1) is 0 Å². The number of imidazole rings is 1. The highest BCUT2D eigenvalue weighted by atomic mass is 79.9. The lowest BCUT2D eigenvalue weighted by molar-refractivity contribution is 0.0950. The lowest BCUT2D eigenvalue weighted by atomic mass is 10.2. The van der Waals surface area contributed by atoms with Crippen molar-refractivity contribution in [3.8, 4) is 0 Å². The van der Waals surface area contributed by atoms with Crippen LogP contribution in [0.25, 0.3) is 0 Å². The van der Waals surface area contributed by atoms with E-state index in [2.05, 4.69) is 31.2 Å². The number of H-pyrrole nitrogens is 1. The van der Waals surface area contributed by atoms with Crippen molar-refractivity contribution in [2.45, 2.75) is 6.54 Å². The Morgan fingerprint density at radius 1 is 1.53 bits per heavy atom. The number of hydrogen-bond acceptors (Lipinski definition) is 2. The van der Waals surface area contributed by atoms with Gasteiger partial charge in [-0.15, -0.1) is 0 Å². The Morgan fingerprint density at radius 2 is 2.35 bits per heavy atom. The third-order valence-corrected chi connectivity index (χ3v) is 3.37. The van der Waals surface area contributed by atoms with Crippen LogP contribution in [0.1, 0.15) is 16.2 Å². The average molecular weight is 315 g/mol. The van der Waals surface area contributed by atoms with Gasteiger partial charge in [-0.1, -0.05) is 11.6 Å². The number of benzene rings is 1. The summed E-state index contributed by atoms with van der Waals surface area (Å²) in [5.41, 5.74) is 0.549. The van der Waals surface area contributed by atoms with Gasteiger partial charge in [-0.3, -0.25) is 4.79 Å². The van der Waals surface area contributed by atoms with Gasteiger partial charge in [0.05, 0.1) is 11.6 Å². The van der Waals surface area contributed by atoms with Gasteiger partial charge >= 0.3 is 0 Å². The molecule has 0 bridgehead atoms. The van der Waals surface area contributed by atoms with Gasteiger partial charge in [0.25, 0.3) is 5.91 Å². The molecule has 88 valence electrons. The van der Waals surface area contributed by atoms with Gasteiger partial charge in [0.15, 0.2) is 0 Å². The molecule has 2 N–H and O–H groups in total. The Balaban J connectivity index is 2.02. The minimum absolute atomic E-state index is 0.168. The summed E-state index contributed by atoms with van der Waals surface area (Å²) in [6.45, 7) is 0.367. The maximum Gasteiger partial charge on any atom is 0.251 e. The topological polar surface area (TPSA) is 57.8 Å². The van der Waals surface area contributed by atoms with E-state index in [1.54, 1.807) is 30.6 Å². The average Bonchev–Trinajstić information content (AvgIpc) is 2.82. The van der Waals surface area contributed by atoms with Gasteiger partial charge in [-0.05, 0) is 34.1 Å². The summed E-state index contributed by atoms with van der Waals surface area (Å²) in [6.07, 6.45) is 3.35. The maximum absolute atomic E-state index is 11.8. The summed E-state index contributed by atoms with van der Waals surface area (Å²) in [6, 6.07) is 5.03. The molecule has 4 nitrogen and oxygen atoms in total. The molecule has 0 unspecified atom stereocenters. The van der Waals surface area contributed by atoms with E-state index in [-0.39, 0.29) is 5.91 Å². The van der Waals surface area contributed by atoms with Crippen molar-refractivity contribution in [1.29, 1.82) is 0 Å². The monoisotopic (exact) mass is 313 g/mol. The van der Waals surface area contributed by atoms with E-state index < -0.39 is 0 Å². The van der Waals surface area contributed by atoms with Crippen molar-refractivity contribution >= 4 is 33.4 Å². The minimum Gasteiger partial charge on any atom is -0.347 e. The second-order valence-electron chi connectivity index (χ2n) is 3.35. The molecule has 0 fully saturated rings. The molecule has 0 aliphatic heterocycles. The molecule has 0 aliphatic rings. The molecule has 6 heteroatoms. The van der Waals surface area contributed by atoms with Crippen molar-refractivity contribution in [3.63, 3.8) is 0 Å². The number of aromatic amines is 1. The number of carbonyl (C=O) groups excluding carboxylic acids is 1. The lowest BCUT2D eigenvalue weighted by Crippen LogP contribution is -2.23. The molecular weight excluding hydrogens is 305 g/mol. The standard InChI is InChI=1S/C11H9BrClN3O/c12-8-5-7(1-2-9(8)13)11(17)16-6-10-14-3-4-15-10/h1-5H,6H2,(H,14,15)(H,16,17). The summed E-state index contributed by atoms with van der Waals surface area (Å²) in [7, 11) is 0. The van der Waals surface area contributed by atoms with Crippen LogP contribution in [0.4, 0.5) is 0 Å². The largest absolute Gasteiger partial charge is 0.347 e. The van der Waals surface area contributed by atoms with Crippen molar-refractivity contribution < 1.29 is 4.79 Å². The molecule has 0 spiro atoms. The fraction of sp³-hybridized carbons (Fsp3) is 0.0909. The number of hydrogen-bond donors (Lipinski definition) is 2. The van der Waals surface area contributed by atoms with Crippen LogP contribution >= 0.6 is 27.5 Å². The molecule has 0 aliphatic carbocycles. The molecule has 0 atom stereocenters. The van der Waals surface area contributed by atoms with Crippen molar-refractivity contribution in [1.82, 2.24) is 15.3 Å². The first-order valence-electron chi connectivity index (χ1n) is 4.88. The van der Waals surface area contributed by atoms with Crippen molar-refractivity contribution in [3.05, 3.63) is 51.5 Å². The Kier molecular flexibility index (Phi) is 3.81. The molecule has 1 amide bonds. The molecule has 1 heterocycles. The highest BCUT2D eigenvalue weighted by Crippen LogP contribution is 2.23. The second kappa shape index (κ2) is 5.33. The van der Waals surface area contributed by atoms with E-state index in [1.807, 2.05) is 0 Å². The van der Waals surface area contributed by atoms with Gasteiger partial charge in [0, 0.05) is 22.4 Å². The molecule has 0 radical (unpaired) electrons. The maximum atomic E-state index is 11.8. The smallest absolute Gasteiger partial charge is 0.251 e. The lowest BCUT2D eigenvalue weighted by Gasteiger charge is -2.04. The van der Waals surface area contributed by atoms with Gasteiger partial charge in [0.1, 0.15) is 5.82 Å². The first-order chi connectivity index (χ1) is 8.16. The van der Waals surface area contributed by atoms with Crippen LogP contribution in [0.15, 0.2) is 35.1 Å². The normalized spacial score (nSPS) is 10.2. The number of nitrogens with one attached hydrogen (secondary N) is 2. The molecule has 2 aromatic rings. The molecule has 17 heavy (non-hydrogen) atoms. The van der Waals surface area contributed by atoms with E-state index in [1.165, 1.54) is 0 Å². The quantitative estimate of drug-likeness (QED) is 0.915. The predicted molar refractivity (Wildman–Crippen MR) is 68.9 cm³/mol. The van der Waals surface area contributed by atoms with Crippen LogP contribution in [0.2, 0.25) is 5.02 Å². The van der Waals surface area contributed by atoms with Crippen molar-refractivity contribution in [2.75, 3.05) is 0 Å². The summed E-state index contributed by atoms with van der Waals surface area (Å²) in [5, 5.41) is 3.33. The van der Waals surface area contributed by atoms with Gasteiger partial charge in [-0.2, -0.15) is 0 Å². The highest BCUT2D eigenvalue weighted by molar-refractivity contribution is 9.10. The molecule has 0 saturated carbocycles. The van der Waals surface area contributed by atoms with Crippen LogP contribution in [-0.4, -0.2) is 15.9 Å². The second-order valence-corrected chi connectivity index (χ2v) is 4.61. The molecule has 0 saturated heterocycles. The minimum atomic E-state index is -0.168. The fourth-order valence-corrected chi connectivity index (χ4v) is 1.79. The van der Waals surface area contributed by atoms with E-state index in [9.17, 15) is 4.79 Å². The Labute approximate surface area is 112 Å². The van der Waals surface area contributed by atoms with Crippen LogP contribution in [-0.2, 0) is 6.54 Å². The van der Waals surface area contributed by atoms with Gasteiger partial charge in [-0.25, -0.2) is 4.98 Å². The number of carbonyl (C=O) groups is 1. The van der Waals surface area contributed by atoms with E-state index in [4.69, 9.17) is 11.6 Å². The summed E-state index contributed by atoms with van der Waals surface area (Å²) in [4.78, 5) is 18.7. The number of halogens is 2. The Bertz CT molecular complexity index is 528. The summed E-state index contributed by atoms with van der Waals surface area (Å²) < 4.78 is 0.699. The summed E-state index contributed by atoms with van der Waals surface area (Å²) in [5.74, 6) is 0.546. The van der Waals surface area contributed by atoms with Crippen LogP contribution in [0.5, 0.6) is 0 Å². The molecule has 1 aromatic carbocycles. The van der Waals surface area contributed by atoms with Crippen LogP contribution < -0.4 is 5.32 Å². The third-order valence-electron chi connectivity index (χ3n) is 2.15. The number of amides is 1. The number of rotatable bonds is 3. The van der Waals surface area contributed by atoms with E-state index in [0.717, 1.165) is 0 Å². The number of aromatic nitrogens is 2. The van der Waals surface area contributed by atoms with Crippen LogP contribution in [0.3, 0.4) is 0 Å². The van der Waals surface area contributed by atoms with Gasteiger partial charge in [0.2, 0.25) is 0 Å². The SMILES string of the molecule is O=C(NCc1ncc[nH]1)c1ccc(Cl)c(Br)c1. The van der Waals surface area contributed by atoms with E-state index in [0.29, 0.717) is 27.4 Å². The first-order valence-corrected chi connectivity index (χ1v) is 6.05. The third kappa shape index (κ3) is 3.08. The molecule has 1 aromatic heterocycles. The van der Waals surface area contributed by atoms with Crippen molar-refractivity contribution in [2.24, 2.45) is 0 Å². The summed E-state index contributed by atoms with van der Waals surface area (Å²) >= 11 is 9.12. The number of nitrogens with zero attached hydrogens (tertiary/aromatic N) is 1. The molecule has 2 rings (SSSR count). The zero-order valence-corrected chi connectivity index (χ0v) is 11.0. The van der Waals surface area contributed by atoms with E-state index >= 15 is 0 Å². The van der Waals surface area contributed by atoms with Gasteiger partial charge < -0.3 is 10.3 Å².